The molecule has 0 amide bonds. The van der Waals surface area contributed by atoms with E-state index in [1.165, 1.54) is 12.2 Å². The summed E-state index contributed by atoms with van der Waals surface area (Å²) in [7, 11) is 0. The van der Waals surface area contributed by atoms with E-state index in [1.54, 1.807) is 0 Å². The highest BCUT2D eigenvalue weighted by atomic mass is 35.5. The van der Waals surface area contributed by atoms with Crippen LogP contribution in [0.3, 0.4) is 0 Å². The molecule has 3 aliphatic carbocycles. The van der Waals surface area contributed by atoms with Crippen molar-refractivity contribution < 1.29 is 38.4 Å². The molecule has 2 aliphatic heterocycles. The fourth-order valence-corrected chi connectivity index (χ4v) is 6.30. The van der Waals surface area contributed by atoms with Crippen molar-refractivity contribution in [3.63, 3.8) is 0 Å². The molecular weight excluding hydrogens is 500 g/mol. The minimum atomic E-state index is -1.20. The highest BCUT2D eigenvalue weighted by Gasteiger charge is 2.51. The number of esters is 3. The van der Waals surface area contributed by atoms with E-state index in [1.807, 2.05) is 13.8 Å². The van der Waals surface area contributed by atoms with E-state index in [-0.39, 0.29) is 23.0 Å². The Morgan fingerprint density at radius 1 is 0.784 bits per heavy atom. The maximum atomic E-state index is 12.9. The number of aliphatic hydroxyl groups excluding tert-OH is 1. The average molecular weight is 533 g/mol. The quantitative estimate of drug-likeness (QED) is 0.271. The van der Waals surface area contributed by atoms with Crippen LogP contribution in [-0.2, 0) is 33.3 Å². The van der Waals surface area contributed by atoms with Gasteiger partial charge in [0.05, 0.1) is 0 Å². The minimum Gasteiger partial charge on any atom is -0.480 e. The van der Waals surface area contributed by atoms with Gasteiger partial charge in [0.25, 0.3) is 17.5 Å². The fourth-order valence-electron chi connectivity index (χ4n) is 6.00. The van der Waals surface area contributed by atoms with Crippen molar-refractivity contribution in [3.05, 3.63) is 45.4 Å². The van der Waals surface area contributed by atoms with E-state index in [9.17, 15) is 19.5 Å². The van der Waals surface area contributed by atoms with Crippen LogP contribution in [0.25, 0.3) is 0 Å². The van der Waals surface area contributed by atoms with Crippen LogP contribution in [0, 0.1) is 11.8 Å². The Morgan fingerprint density at radius 2 is 1.35 bits per heavy atom. The molecule has 2 saturated carbocycles. The molecular formula is C28H33ClO8. The van der Waals surface area contributed by atoms with Gasteiger partial charge in [-0.3, -0.25) is 0 Å². The first kappa shape index (κ1) is 25.9. The van der Waals surface area contributed by atoms with E-state index in [0.29, 0.717) is 48.3 Å². The van der Waals surface area contributed by atoms with Crippen molar-refractivity contribution in [2.24, 2.45) is 11.8 Å². The molecule has 8 nitrogen and oxygen atoms in total. The van der Waals surface area contributed by atoms with Crippen molar-refractivity contribution >= 4 is 29.5 Å². The first-order chi connectivity index (χ1) is 17.6. The predicted octanol–water partition coefficient (Wildman–Crippen LogP) is 5.77. The molecule has 3 fully saturated rings. The molecule has 0 aromatic carbocycles. The largest absolute Gasteiger partial charge is 0.480 e. The SMILES string of the molecule is CC1CCCCC12OC(=O)C(=CC1=C(Cl)/C(=C/C3=C(O)OC4(CCCCC4C)OC3=O)CCC1)C(=O)O2. The molecule has 0 aromatic heterocycles. The Bertz CT molecular complexity index is 1120. The zero-order chi connectivity index (χ0) is 26.4. The number of allylic oxidation sites excluding steroid dienone is 4. The third-order valence-electron chi connectivity index (χ3n) is 8.38. The second-order valence-corrected chi connectivity index (χ2v) is 11.2. The van der Waals surface area contributed by atoms with E-state index < -0.39 is 35.4 Å². The molecule has 5 aliphatic rings. The smallest absolute Gasteiger partial charge is 0.348 e. The van der Waals surface area contributed by atoms with E-state index in [0.717, 1.165) is 38.5 Å². The highest BCUT2D eigenvalue weighted by Crippen LogP contribution is 2.44. The number of carbonyl (C=O) groups is 3. The van der Waals surface area contributed by atoms with Crippen molar-refractivity contribution in [1.82, 2.24) is 0 Å². The Kier molecular flexibility index (Phi) is 6.90. The first-order valence-corrected chi connectivity index (χ1v) is 13.7. The highest BCUT2D eigenvalue weighted by molar-refractivity contribution is 6.33. The summed E-state index contributed by atoms with van der Waals surface area (Å²) in [6.45, 7) is 3.87. The lowest BCUT2D eigenvalue weighted by molar-refractivity contribution is -0.269. The van der Waals surface area contributed by atoms with Crippen molar-refractivity contribution in [2.75, 3.05) is 0 Å². The Hall–Kier alpha value is -2.74. The maximum Gasteiger partial charge on any atom is 0.348 e. The lowest BCUT2D eigenvalue weighted by Crippen LogP contribution is -2.52. The number of halogens is 1. The molecule has 3 atom stereocenters. The topological polar surface area (TPSA) is 108 Å². The Morgan fingerprint density at radius 3 is 1.92 bits per heavy atom. The molecule has 1 N–H and O–H groups in total. The van der Waals surface area contributed by atoms with Gasteiger partial charge in [0.1, 0.15) is 11.1 Å². The molecule has 2 spiro atoms. The summed E-state index contributed by atoms with van der Waals surface area (Å²) in [6.07, 6.45) is 11.0. The van der Waals surface area contributed by atoms with Gasteiger partial charge in [-0.2, -0.15) is 0 Å². The number of hydrogen-bond donors (Lipinski definition) is 1. The molecule has 2 heterocycles. The molecule has 0 radical (unpaired) electrons. The van der Waals surface area contributed by atoms with Crippen molar-refractivity contribution in [3.8, 4) is 0 Å². The van der Waals surface area contributed by atoms with E-state index in [4.69, 9.17) is 30.5 Å². The number of carbonyl (C=O) groups excluding carboxylic acids is 3. The standard InChI is InChI=1S/C28H33ClO8/c1-16-8-3-5-12-27(16)34-23(30)20(24(31)35-27)14-18-10-7-11-19(22(18)29)15-21-25(32)36-28(37-26(21)33)13-6-4-9-17(28)2/h14-17,30H,3-13H2,1-2H3/b18-14+,21-15?. The first-order valence-electron chi connectivity index (χ1n) is 13.3. The molecule has 5 rings (SSSR count). The monoisotopic (exact) mass is 532 g/mol. The molecule has 37 heavy (non-hydrogen) atoms. The van der Waals surface area contributed by atoms with Crippen LogP contribution in [0.1, 0.15) is 84.5 Å². The van der Waals surface area contributed by atoms with Gasteiger partial charge in [0, 0.05) is 29.7 Å². The predicted molar refractivity (Wildman–Crippen MR) is 133 cm³/mol. The van der Waals surface area contributed by atoms with Gasteiger partial charge in [0.2, 0.25) is 0 Å². The van der Waals surface area contributed by atoms with Crippen LogP contribution in [0.2, 0.25) is 0 Å². The summed E-state index contributed by atoms with van der Waals surface area (Å²) in [4.78, 5) is 38.6. The van der Waals surface area contributed by atoms with Gasteiger partial charge in [-0.05, 0) is 68.2 Å². The van der Waals surface area contributed by atoms with Crippen LogP contribution in [-0.4, -0.2) is 34.6 Å². The number of ether oxygens (including phenoxy) is 4. The van der Waals surface area contributed by atoms with Crippen LogP contribution in [0.5, 0.6) is 0 Å². The van der Waals surface area contributed by atoms with Gasteiger partial charge < -0.3 is 24.1 Å². The summed E-state index contributed by atoms with van der Waals surface area (Å²) in [5.41, 5.74) is 0.825. The van der Waals surface area contributed by atoms with Crippen molar-refractivity contribution in [1.29, 1.82) is 0 Å². The van der Waals surface area contributed by atoms with Crippen molar-refractivity contribution in [2.45, 2.75) is 96.1 Å². The zero-order valence-electron chi connectivity index (χ0n) is 21.3. The van der Waals surface area contributed by atoms with Crippen LogP contribution in [0.15, 0.2) is 45.4 Å². The summed E-state index contributed by atoms with van der Waals surface area (Å²) in [5.74, 6) is -5.01. The fraction of sp³-hybridized carbons (Fsp3) is 0.607. The average Bonchev–Trinajstić information content (AvgIpc) is 2.84. The number of aliphatic hydroxyl groups is 1. The molecule has 3 unspecified atom stereocenters. The van der Waals surface area contributed by atoms with Crippen LogP contribution < -0.4 is 0 Å². The molecule has 200 valence electrons. The van der Waals surface area contributed by atoms with Crippen LogP contribution in [0.4, 0.5) is 0 Å². The lowest BCUT2D eigenvalue weighted by Gasteiger charge is -2.43. The van der Waals surface area contributed by atoms with Gasteiger partial charge in [-0.25, -0.2) is 14.4 Å². The third-order valence-corrected chi connectivity index (χ3v) is 8.86. The Labute approximate surface area is 221 Å². The van der Waals surface area contributed by atoms with E-state index in [2.05, 4.69) is 0 Å². The molecule has 9 heteroatoms. The van der Waals surface area contributed by atoms with Crippen LogP contribution >= 0.6 is 11.6 Å². The molecule has 0 bridgehead atoms. The normalized spacial score (nSPS) is 35.9. The maximum absolute atomic E-state index is 12.9. The molecule has 1 saturated heterocycles. The number of hydrogen-bond acceptors (Lipinski definition) is 8. The van der Waals surface area contributed by atoms with Gasteiger partial charge in [-0.15, -0.1) is 0 Å². The van der Waals surface area contributed by atoms with E-state index >= 15 is 0 Å². The zero-order valence-corrected chi connectivity index (χ0v) is 22.0. The van der Waals surface area contributed by atoms with Gasteiger partial charge in [-0.1, -0.05) is 38.3 Å². The summed E-state index contributed by atoms with van der Waals surface area (Å²) in [5, 5.41) is 10.9. The number of rotatable bonds is 2. The second-order valence-electron chi connectivity index (χ2n) is 10.8. The van der Waals surface area contributed by atoms with Gasteiger partial charge in [0.15, 0.2) is 0 Å². The minimum absolute atomic E-state index is 0.0383. The third kappa shape index (κ3) is 4.69. The summed E-state index contributed by atoms with van der Waals surface area (Å²) < 4.78 is 22.8. The second kappa shape index (κ2) is 9.86. The summed E-state index contributed by atoms with van der Waals surface area (Å²) in [6, 6.07) is 0. The lowest BCUT2D eigenvalue weighted by atomic mass is 9.83. The summed E-state index contributed by atoms with van der Waals surface area (Å²) >= 11 is 6.67. The molecule has 0 aromatic rings. The Balaban J connectivity index is 1.40. The van der Waals surface area contributed by atoms with Gasteiger partial charge >= 0.3 is 17.9 Å².